The minimum atomic E-state index is -0.319. The highest BCUT2D eigenvalue weighted by molar-refractivity contribution is 5.90. The zero-order valence-electron chi connectivity index (χ0n) is 15.7. The minimum absolute atomic E-state index is 0.319. The van der Waals surface area contributed by atoms with Gasteiger partial charge >= 0.3 is 5.97 Å². The second-order valence-electron chi connectivity index (χ2n) is 6.01. The van der Waals surface area contributed by atoms with Crippen LogP contribution < -0.4 is 4.74 Å². The van der Waals surface area contributed by atoms with E-state index in [0.717, 1.165) is 28.4 Å². The second kappa shape index (κ2) is 8.36. The van der Waals surface area contributed by atoms with E-state index < -0.39 is 0 Å². The number of aryl methyl sites for hydroxylation is 1. The number of carbonyl (C=O) groups excluding carboxylic acids is 1. The first-order valence-corrected chi connectivity index (χ1v) is 8.75. The first-order valence-electron chi connectivity index (χ1n) is 8.75. The number of aromatic nitrogens is 1. The molecular weight excluding hydrogens is 340 g/mol. The second-order valence-corrected chi connectivity index (χ2v) is 6.01. The molecular formula is C22H22N2O3. The largest absolute Gasteiger partial charge is 0.497 e. The molecule has 0 atom stereocenters. The molecule has 0 unspecified atom stereocenters. The molecule has 1 heterocycles. The molecule has 0 aliphatic rings. The highest BCUT2D eigenvalue weighted by Crippen LogP contribution is 2.19. The van der Waals surface area contributed by atoms with Crippen molar-refractivity contribution in [2.75, 3.05) is 13.7 Å². The monoisotopic (exact) mass is 362 g/mol. The molecule has 0 aliphatic heterocycles. The van der Waals surface area contributed by atoms with Gasteiger partial charge in [-0.2, -0.15) is 0 Å². The van der Waals surface area contributed by atoms with Crippen molar-refractivity contribution in [1.29, 1.82) is 0 Å². The van der Waals surface area contributed by atoms with E-state index in [1.807, 2.05) is 36.7 Å². The van der Waals surface area contributed by atoms with Crippen LogP contribution in [0.3, 0.4) is 0 Å². The Morgan fingerprint density at radius 2 is 1.81 bits per heavy atom. The average Bonchev–Trinajstić information content (AvgIpc) is 3.07. The van der Waals surface area contributed by atoms with Crippen LogP contribution in [0.25, 0.3) is 5.69 Å². The summed E-state index contributed by atoms with van der Waals surface area (Å²) in [4.78, 5) is 16.2. The molecule has 0 spiro atoms. The van der Waals surface area contributed by atoms with Crippen LogP contribution in [0.15, 0.2) is 65.8 Å². The van der Waals surface area contributed by atoms with Gasteiger partial charge in [-0.1, -0.05) is 0 Å². The molecule has 1 aromatic heterocycles. The summed E-state index contributed by atoms with van der Waals surface area (Å²) >= 11 is 0. The van der Waals surface area contributed by atoms with Crippen LogP contribution in [0.1, 0.15) is 28.5 Å². The predicted molar refractivity (Wildman–Crippen MR) is 107 cm³/mol. The number of carbonyl (C=O) groups is 1. The molecule has 2 aromatic carbocycles. The molecule has 0 saturated carbocycles. The van der Waals surface area contributed by atoms with Gasteiger partial charge in [0.25, 0.3) is 0 Å². The Balaban J connectivity index is 1.75. The fraction of sp³-hybridized carbons (Fsp3) is 0.182. The zero-order valence-corrected chi connectivity index (χ0v) is 15.7. The third-order valence-electron chi connectivity index (χ3n) is 4.13. The first-order chi connectivity index (χ1) is 13.1. The maximum Gasteiger partial charge on any atom is 0.338 e. The van der Waals surface area contributed by atoms with Crippen molar-refractivity contribution in [1.82, 2.24) is 4.57 Å². The molecule has 0 fully saturated rings. The molecule has 0 N–H and O–H groups in total. The smallest absolute Gasteiger partial charge is 0.338 e. The minimum Gasteiger partial charge on any atom is -0.497 e. The third kappa shape index (κ3) is 4.44. The third-order valence-corrected chi connectivity index (χ3v) is 4.13. The molecule has 3 rings (SSSR count). The van der Waals surface area contributed by atoms with E-state index in [1.54, 1.807) is 38.3 Å². The van der Waals surface area contributed by atoms with Gasteiger partial charge in [0.2, 0.25) is 0 Å². The number of nitrogens with zero attached hydrogens (tertiary/aromatic N) is 2. The number of hydrogen-bond acceptors (Lipinski definition) is 4. The summed E-state index contributed by atoms with van der Waals surface area (Å²) in [6.07, 6.45) is 3.85. The lowest BCUT2D eigenvalue weighted by atomic mass is 10.2. The quantitative estimate of drug-likeness (QED) is 0.471. The van der Waals surface area contributed by atoms with E-state index in [0.29, 0.717) is 12.2 Å². The Morgan fingerprint density at radius 1 is 1.11 bits per heavy atom. The highest BCUT2D eigenvalue weighted by atomic mass is 16.5. The SMILES string of the molecule is CCOC(=O)c1ccc(N=Cc2cc(C)n(-c3ccc(OC)cc3)c2)cc1. The van der Waals surface area contributed by atoms with E-state index in [2.05, 4.69) is 22.5 Å². The van der Waals surface area contributed by atoms with Crippen molar-refractivity contribution in [2.45, 2.75) is 13.8 Å². The Labute approximate surface area is 158 Å². The number of aliphatic imine (C=N–C) groups is 1. The van der Waals surface area contributed by atoms with Gasteiger partial charge in [0.05, 0.1) is 25.0 Å². The van der Waals surface area contributed by atoms with Crippen LogP contribution in [0, 0.1) is 6.92 Å². The normalized spacial score (nSPS) is 10.9. The van der Waals surface area contributed by atoms with Crippen molar-refractivity contribution in [3.8, 4) is 11.4 Å². The molecule has 0 amide bonds. The van der Waals surface area contributed by atoms with Gasteiger partial charge < -0.3 is 14.0 Å². The Morgan fingerprint density at radius 3 is 2.44 bits per heavy atom. The van der Waals surface area contributed by atoms with E-state index in [4.69, 9.17) is 9.47 Å². The topological polar surface area (TPSA) is 52.8 Å². The van der Waals surface area contributed by atoms with E-state index >= 15 is 0 Å². The number of esters is 1. The number of hydrogen-bond donors (Lipinski definition) is 0. The van der Waals surface area contributed by atoms with Crippen molar-refractivity contribution in [3.63, 3.8) is 0 Å². The molecule has 5 nitrogen and oxygen atoms in total. The van der Waals surface area contributed by atoms with Crippen LogP contribution in [0.5, 0.6) is 5.75 Å². The lowest BCUT2D eigenvalue weighted by Gasteiger charge is -2.06. The fourth-order valence-electron chi connectivity index (χ4n) is 2.74. The Bertz CT molecular complexity index is 939. The molecule has 0 bridgehead atoms. The summed E-state index contributed by atoms with van der Waals surface area (Å²) in [5.74, 6) is 0.511. The van der Waals surface area contributed by atoms with Crippen LogP contribution in [-0.2, 0) is 4.74 Å². The first kappa shape index (κ1) is 18.5. The number of ether oxygens (including phenoxy) is 2. The molecule has 27 heavy (non-hydrogen) atoms. The summed E-state index contributed by atoms with van der Waals surface area (Å²) in [5, 5.41) is 0. The van der Waals surface area contributed by atoms with Crippen molar-refractivity contribution in [3.05, 3.63) is 77.6 Å². The summed E-state index contributed by atoms with van der Waals surface area (Å²) < 4.78 is 12.3. The Hall–Kier alpha value is -3.34. The van der Waals surface area contributed by atoms with E-state index in [-0.39, 0.29) is 5.97 Å². The average molecular weight is 362 g/mol. The van der Waals surface area contributed by atoms with E-state index in [9.17, 15) is 4.79 Å². The van der Waals surface area contributed by atoms with Crippen LogP contribution in [-0.4, -0.2) is 30.5 Å². The van der Waals surface area contributed by atoms with Gasteiger partial charge in [-0.05, 0) is 68.4 Å². The number of benzene rings is 2. The molecule has 5 heteroatoms. The van der Waals surface area contributed by atoms with Crippen molar-refractivity contribution in [2.24, 2.45) is 4.99 Å². The van der Waals surface area contributed by atoms with E-state index in [1.165, 1.54) is 0 Å². The molecule has 138 valence electrons. The highest BCUT2D eigenvalue weighted by Gasteiger charge is 2.06. The summed E-state index contributed by atoms with van der Waals surface area (Å²) in [7, 11) is 1.66. The van der Waals surface area contributed by atoms with Gasteiger partial charge in [-0.15, -0.1) is 0 Å². The lowest BCUT2D eigenvalue weighted by molar-refractivity contribution is 0.0526. The van der Waals surface area contributed by atoms with Crippen molar-refractivity contribution >= 4 is 17.9 Å². The van der Waals surface area contributed by atoms with Crippen LogP contribution in [0.2, 0.25) is 0 Å². The van der Waals surface area contributed by atoms with Crippen LogP contribution in [0.4, 0.5) is 5.69 Å². The lowest BCUT2D eigenvalue weighted by Crippen LogP contribution is -2.03. The zero-order chi connectivity index (χ0) is 19.2. The predicted octanol–water partition coefficient (Wildman–Crippen LogP) is 4.72. The summed E-state index contributed by atoms with van der Waals surface area (Å²) in [6.45, 7) is 4.20. The molecule has 3 aromatic rings. The Kier molecular flexibility index (Phi) is 5.71. The molecule has 0 radical (unpaired) electrons. The standard InChI is InChI=1S/C22H22N2O3/c1-4-27-22(25)18-5-7-19(8-6-18)23-14-17-13-16(2)24(15-17)20-9-11-21(26-3)12-10-20/h5-15H,4H2,1-3H3. The fourth-order valence-corrected chi connectivity index (χ4v) is 2.74. The molecule has 0 aliphatic carbocycles. The number of methoxy groups -OCH3 is 1. The molecule has 0 saturated heterocycles. The summed E-state index contributed by atoms with van der Waals surface area (Å²) in [6, 6.07) is 17.0. The van der Waals surface area contributed by atoms with Crippen molar-refractivity contribution < 1.29 is 14.3 Å². The van der Waals surface area contributed by atoms with Crippen LogP contribution >= 0.6 is 0 Å². The number of rotatable bonds is 6. The maximum absolute atomic E-state index is 11.7. The van der Waals surface area contributed by atoms with Gasteiger partial charge in [-0.25, -0.2) is 4.79 Å². The van der Waals surface area contributed by atoms with Gasteiger partial charge in [0.1, 0.15) is 5.75 Å². The van der Waals surface area contributed by atoms with Gasteiger partial charge in [-0.3, -0.25) is 4.99 Å². The van der Waals surface area contributed by atoms with Gasteiger partial charge in [0.15, 0.2) is 0 Å². The van der Waals surface area contributed by atoms with Gasteiger partial charge in [0, 0.05) is 29.4 Å². The maximum atomic E-state index is 11.7. The summed E-state index contributed by atoms with van der Waals surface area (Å²) in [5.41, 5.74) is 4.47.